The van der Waals surface area contributed by atoms with Crippen LogP contribution in [0.15, 0.2) is 60.7 Å². The number of benzene rings is 1. The number of pyridine rings is 1. The normalized spacial score (nSPS) is 14.2. The molecule has 1 aliphatic rings. The van der Waals surface area contributed by atoms with Crippen molar-refractivity contribution >= 4 is 23.7 Å². The summed E-state index contributed by atoms with van der Waals surface area (Å²) in [6, 6.07) is 13.0. The number of nitrogens with one attached hydrogen (secondary N) is 1. The monoisotopic (exact) mass is 494 g/mol. The van der Waals surface area contributed by atoms with Crippen LogP contribution < -0.4 is 10.2 Å². The molecule has 1 amide bonds. The maximum atomic E-state index is 12.8. The number of carboxylic acids is 2. The molecule has 0 bridgehead atoms. The van der Waals surface area contributed by atoms with Crippen molar-refractivity contribution in [2.24, 2.45) is 0 Å². The molecule has 1 saturated heterocycles. The fraction of sp³-hybridized carbons (Fsp3) is 0.304. The molecule has 3 rings (SSSR count). The van der Waals surface area contributed by atoms with E-state index in [-0.39, 0.29) is 5.91 Å². The molecule has 0 radical (unpaired) electrons. The highest BCUT2D eigenvalue weighted by molar-refractivity contribution is 5.94. The maximum absolute atomic E-state index is 12.8. The van der Waals surface area contributed by atoms with Gasteiger partial charge in [-0.1, -0.05) is 24.3 Å². The van der Waals surface area contributed by atoms with Crippen LogP contribution in [0.3, 0.4) is 0 Å². The zero-order valence-corrected chi connectivity index (χ0v) is 18.6. The Balaban J connectivity index is 0.000000466. The minimum Gasteiger partial charge on any atom is -0.478 e. The lowest BCUT2D eigenvalue weighted by molar-refractivity contribution is -0.141. The number of aromatic nitrogens is 1. The van der Waals surface area contributed by atoms with Crippen molar-refractivity contribution in [2.45, 2.75) is 6.18 Å². The molecular formula is C23H25F3N4O5. The summed E-state index contributed by atoms with van der Waals surface area (Å²) in [4.78, 5) is 38.9. The van der Waals surface area contributed by atoms with Crippen LogP contribution in [0, 0.1) is 0 Å². The highest BCUT2D eigenvalue weighted by atomic mass is 19.4. The molecular weight excluding hydrogens is 469 g/mol. The van der Waals surface area contributed by atoms with Crippen LogP contribution in [0.4, 0.5) is 19.0 Å². The molecule has 2 aromatic rings. The Hall–Kier alpha value is -3.93. The average molecular weight is 494 g/mol. The van der Waals surface area contributed by atoms with E-state index in [1.807, 2.05) is 23.1 Å². The van der Waals surface area contributed by atoms with Crippen molar-refractivity contribution in [3.63, 3.8) is 0 Å². The van der Waals surface area contributed by atoms with E-state index in [0.29, 0.717) is 62.8 Å². The van der Waals surface area contributed by atoms with Gasteiger partial charge in [-0.05, 0) is 24.3 Å². The number of aliphatic carboxylic acids is 2. The standard InChI is InChI=1S/C19H21F3N4O.C4H4O4/c20-19(21,22)16-7-4-8-17(24-16)26-13-11-25(12-14-26)10-9-23-18(27)15-5-2-1-3-6-15;5-3(6)1-2-4(7)8/h1-8H,9-14H2,(H,23,27);1-2H,(H,5,6)(H,7,8)/b;2-1+. The van der Waals surface area contributed by atoms with E-state index >= 15 is 0 Å². The highest BCUT2D eigenvalue weighted by Crippen LogP contribution is 2.29. The van der Waals surface area contributed by atoms with Gasteiger partial charge >= 0.3 is 18.1 Å². The number of carbonyl (C=O) groups excluding carboxylic acids is 1. The molecule has 1 aromatic heterocycles. The molecule has 1 aromatic carbocycles. The van der Waals surface area contributed by atoms with E-state index in [2.05, 4.69) is 15.2 Å². The maximum Gasteiger partial charge on any atom is 0.433 e. The Bertz CT molecular complexity index is 1010. The largest absolute Gasteiger partial charge is 0.478 e. The van der Waals surface area contributed by atoms with Crippen molar-refractivity contribution < 1.29 is 37.8 Å². The number of alkyl halides is 3. The van der Waals surface area contributed by atoms with E-state index < -0.39 is 23.8 Å². The Kier molecular flexibility index (Phi) is 10.2. The first-order chi connectivity index (χ1) is 16.6. The Morgan fingerprint density at radius 3 is 2.06 bits per heavy atom. The first-order valence-corrected chi connectivity index (χ1v) is 10.5. The van der Waals surface area contributed by atoms with E-state index in [0.717, 1.165) is 6.07 Å². The van der Waals surface area contributed by atoms with Gasteiger partial charge in [0, 0.05) is 57.0 Å². The number of rotatable bonds is 7. The summed E-state index contributed by atoms with van der Waals surface area (Å²) < 4.78 is 38.4. The fourth-order valence-electron chi connectivity index (χ4n) is 3.12. The van der Waals surface area contributed by atoms with Gasteiger partial charge in [0.2, 0.25) is 0 Å². The van der Waals surface area contributed by atoms with Gasteiger partial charge in [0.1, 0.15) is 11.5 Å². The van der Waals surface area contributed by atoms with Gasteiger partial charge in [-0.15, -0.1) is 0 Å². The summed E-state index contributed by atoms with van der Waals surface area (Å²) in [5, 5.41) is 18.5. The molecule has 0 atom stereocenters. The molecule has 0 spiro atoms. The molecule has 1 aliphatic heterocycles. The first kappa shape index (κ1) is 27.3. The summed E-state index contributed by atoms with van der Waals surface area (Å²) in [7, 11) is 0. The van der Waals surface area contributed by atoms with E-state index in [4.69, 9.17) is 10.2 Å². The van der Waals surface area contributed by atoms with Crippen molar-refractivity contribution in [2.75, 3.05) is 44.2 Å². The van der Waals surface area contributed by atoms with Gasteiger partial charge < -0.3 is 20.4 Å². The third kappa shape index (κ3) is 9.84. The summed E-state index contributed by atoms with van der Waals surface area (Å²) in [6.45, 7) is 3.83. The molecule has 0 aliphatic carbocycles. The first-order valence-electron chi connectivity index (χ1n) is 10.5. The van der Waals surface area contributed by atoms with Crippen LogP contribution in [0.25, 0.3) is 0 Å². The van der Waals surface area contributed by atoms with Crippen molar-refractivity contribution in [3.05, 3.63) is 71.9 Å². The number of anilines is 1. The lowest BCUT2D eigenvalue weighted by atomic mass is 10.2. The van der Waals surface area contributed by atoms with Gasteiger partial charge in [0.05, 0.1) is 0 Å². The predicted octanol–water partition coefficient (Wildman–Crippen LogP) is 2.36. The summed E-state index contributed by atoms with van der Waals surface area (Å²) >= 11 is 0. The number of carbonyl (C=O) groups is 3. The topological polar surface area (TPSA) is 123 Å². The number of carboxylic acid groups (broad SMARTS) is 2. The van der Waals surface area contributed by atoms with Crippen LogP contribution in [0.1, 0.15) is 16.1 Å². The number of piperazine rings is 1. The van der Waals surface area contributed by atoms with Crippen molar-refractivity contribution in [1.82, 2.24) is 15.2 Å². The predicted molar refractivity (Wildman–Crippen MR) is 121 cm³/mol. The molecule has 0 unspecified atom stereocenters. The second kappa shape index (κ2) is 13.1. The zero-order valence-electron chi connectivity index (χ0n) is 18.6. The fourth-order valence-corrected chi connectivity index (χ4v) is 3.12. The Morgan fingerprint density at radius 2 is 1.51 bits per heavy atom. The molecule has 12 heteroatoms. The average Bonchev–Trinajstić information content (AvgIpc) is 2.83. The van der Waals surface area contributed by atoms with Crippen LogP contribution >= 0.6 is 0 Å². The third-order valence-corrected chi connectivity index (χ3v) is 4.84. The third-order valence-electron chi connectivity index (χ3n) is 4.84. The molecule has 2 heterocycles. The SMILES string of the molecule is O=C(NCCN1CCN(c2cccc(C(F)(F)F)n2)CC1)c1ccccc1.O=C(O)/C=C/C(=O)O. The van der Waals surface area contributed by atoms with Crippen LogP contribution in [0.2, 0.25) is 0 Å². The highest BCUT2D eigenvalue weighted by Gasteiger charge is 2.33. The van der Waals surface area contributed by atoms with Gasteiger partial charge in [-0.25, -0.2) is 14.6 Å². The molecule has 0 saturated carbocycles. The van der Waals surface area contributed by atoms with Gasteiger partial charge in [-0.3, -0.25) is 9.69 Å². The smallest absolute Gasteiger partial charge is 0.433 e. The van der Waals surface area contributed by atoms with Crippen LogP contribution in [-0.2, 0) is 15.8 Å². The number of hydrogen-bond acceptors (Lipinski definition) is 6. The Morgan fingerprint density at radius 1 is 0.914 bits per heavy atom. The summed E-state index contributed by atoms with van der Waals surface area (Å²) in [6.07, 6.45) is -3.32. The van der Waals surface area contributed by atoms with Crippen LogP contribution in [-0.4, -0.2) is 77.2 Å². The quantitative estimate of drug-likeness (QED) is 0.502. The summed E-state index contributed by atoms with van der Waals surface area (Å²) in [5.74, 6) is -2.27. The summed E-state index contributed by atoms with van der Waals surface area (Å²) in [5.41, 5.74) is -0.246. The van der Waals surface area contributed by atoms with Crippen molar-refractivity contribution in [3.8, 4) is 0 Å². The number of nitrogens with zero attached hydrogens (tertiary/aromatic N) is 3. The van der Waals surface area contributed by atoms with E-state index in [9.17, 15) is 27.6 Å². The number of hydrogen-bond donors (Lipinski definition) is 3. The molecule has 9 nitrogen and oxygen atoms in total. The second-order valence-corrected chi connectivity index (χ2v) is 7.34. The molecule has 35 heavy (non-hydrogen) atoms. The van der Waals surface area contributed by atoms with Gasteiger partial charge in [0.25, 0.3) is 5.91 Å². The van der Waals surface area contributed by atoms with E-state index in [1.54, 1.807) is 18.2 Å². The van der Waals surface area contributed by atoms with Crippen LogP contribution in [0.5, 0.6) is 0 Å². The zero-order chi connectivity index (χ0) is 25.8. The number of halogens is 3. The van der Waals surface area contributed by atoms with Gasteiger partial charge in [0.15, 0.2) is 0 Å². The lowest BCUT2D eigenvalue weighted by Crippen LogP contribution is -2.48. The van der Waals surface area contributed by atoms with Crippen molar-refractivity contribution in [1.29, 1.82) is 0 Å². The Labute approximate surface area is 199 Å². The number of amides is 1. The molecule has 188 valence electrons. The molecule has 1 fully saturated rings. The minimum absolute atomic E-state index is 0.109. The minimum atomic E-state index is -4.44. The lowest BCUT2D eigenvalue weighted by Gasteiger charge is -2.35. The molecule has 3 N–H and O–H groups in total. The van der Waals surface area contributed by atoms with Gasteiger partial charge in [-0.2, -0.15) is 13.2 Å². The second-order valence-electron chi connectivity index (χ2n) is 7.34. The van der Waals surface area contributed by atoms with E-state index in [1.165, 1.54) is 6.07 Å².